The van der Waals surface area contributed by atoms with Gasteiger partial charge in [-0.05, 0) is 6.92 Å². The van der Waals surface area contributed by atoms with Crippen molar-refractivity contribution in [3.8, 4) is 6.01 Å². The summed E-state index contributed by atoms with van der Waals surface area (Å²) in [5, 5.41) is 0. The molecule has 0 spiro atoms. The van der Waals surface area contributed by atoms with Crippen LogP contribution in [0.2, 0.25) is 0 Å². The van der Waals surface area contributed by atoms with E-state index < -0.39 is 0 Å². The number of anilines is 1. The van der Waals surface area contributed by atoms with Gasteiger partial charge in [0.15, 0.2) is 0 Å². The summed E-state index contributed by atoms with van der Waals surface area (Å²) in [6, 6.07) is 2.39. The third kappa shape index (κ3) is 3.00. The number of ether oxygens (including phenoxy) is 1. The highest BCUT2D eigenvalue weighted by molar-refractivity contribution is 5.89. The minimum Gasteiger partial charge on any atom is -0.467 e. The first-order valence-corrected chi connectivity index (χ1v) is 8.04. The van der Waals surface area contributed by atoms with Crippen molar-refractivity contribution < 1.29 is 14.3 Å². The maximum absolute atomic E-state index is 12.2. The van der Waals surface area contributed by atoms with Gasteiger partial charge < -0.3 is 19.4 Å². The Morgan fingerprint density at radius 2 is 2.00 bits per heavy atom. The Labute approximate surface area is 141 Å². The predicted octanol–water partition coefficient (Wildman–Crippen LogP) is -0.0811. The molecule has 2 saturated heterocycles. The largest absolute Gasteiger partial charge is 0.467 e. The summed E-state index contributed by atoms with van der Waals surface area (Å²) < 4.78 is 5.11. The average molecular weight is 333 g/mol. The molecule has 0 aromatic carbocycles. The summed E-state index contributed by atoms with van der Waals surface area (Å²) in [6.45, 7) is 3.84. The Bertz CT molecular complexity index is 657. The number of amides is 2. The third-order valence-electron chi connectivity index (χ3n) is 4.58. The molecule has 1 unspecified atom stereocenters. The number of hydrogen-bond acceptors (Lipinski definition) is 6. The maximum Gasteiger partial charge on any atom is 0.318 e. The normalized spacial score (nSPS) is 21.0. The fourth-order valence-corrected chi connectivity index (χ4v) is 3.23. The lowest BCUT2D eigenvalue weighted by atomic mass is 10.1. The number of likely N-dealkylation sites (tertiary alicyclic amines) is 1. The van der Waals surface area contributed by atoms with E-state index in [1.54, 1.807) is 26.1 Å². The van der Waals surface area contributed by atoms with Crippen molar-refractivity contribution in [3.63, 3.8) is 0 Å². The molecule has 8 heteroatoms. The molecule has 1 aromatic heterocycles. The highest BCUT2D eigenvalue weighted by atomic mass is 16.5. The summed E-state index contributed by atoms with van der Waals surface area (Å²) in [5.74, 6) is 0.681. The van der Waals surface area contributed by atoms with Crippen molar-refractivity contribution in [2.24, 2.45) is 5.92 Å². The zero-order chi connectivity index (χ0) is 17.4. The molecular weight excluding hydrogens is 310 g/mol. The second-order valence-electron chi connectivity index (χ2n) is 6.59. The maximum atomic E-state index is 12.2. The number of hydrogen-bond donors (Lipinski definition) is 0. The van der Waals surface area contributed by atoms with Crippen molar-refractivity contribution in [2.75, 3.05) is 45.7 Å². The van der Waals surface area contributed by atoms with Gasteiger partial charge in [0.25, 0.3) is 0 Å². The number of methoxy groups -OCH3 is 1. The minimum absolute atomic E-state index is 0.0261. The predicted molar refractivity (Wildman–Crippen MR) is 87.8 cm³/mol. The molecule has 0 bridgehead atoms. The van der Waals surface area contributed by atoms with Crippen LogP contribution in [0.1, 0.15) is 12.1 Å². The van der Waals surface area contributed by atoms with Gasteiger partial charge in [-0.25, -0.2) is 4.98 Å². The summed E-state index contributed by atoms with van der Waals surface area (Å²) in [7, 11) is 5.00. The van der Waals surface area contributed by atoms with E-state index in [0.29, 0.717) is 32.1 Å². The second kappa shape index (κ2) is 6.26. The molecule has 2 aliphatic rings. The molecule has 2 aliphatic heterocycles. The van der Waals surface area contributed by atoms with Crippen LogP contribution in [0.3, 0.4) is 0 Å². The molecule has 0 saturated carbocycles. The Kier molecular flexibility index (Phi) is 4.29. The molecule has 0 aliphatic carbocycles. The van der Waals surface area contributed by atoms with Crippen LogP contribution < -0.4 is 9.64 Å². The average Bonchev–Trinajstić information content (AvgIpc) is 2.86. The number of aromatic nitrogens is 2. The minimum atomic E-state index is -0.220. The lowest BCUT2D eigenvalue weighted by Gasteiger charge is -2.44. The van der Waals surface area contributed by atoms with Gasteiger partial charge in [0.2, 0.25) is 11.8 Å². The van der Waals surface area contributed by atoms with Crippen LogP contribution >= 0.6 is 0 Å². The van der Waals surface area contributed by atoms with Crippen molar-refractivity contribution in [1.82, 2.24) is 19.8 Å². The van der Waals surface area contributed by atoms with Gasteiger partial charge in [-0.2, -0.15) is 4.98 Å². The van der Waals surface area contributed by atoms with E-state index >= 15 is 0 Å². The van der Waals surface area contributed by atoms with E-state index in [4.69, 9.17) is 4.74 Å². The molecule has 3 rings (SSSR count). The quantitative estimate of drug-likeness (QED) is 0.767. The van der Waals surface area contributed by atoms with E-state index in [9.17, 15) is 9.59 Å². The van der Waals surface area contributed by atoms with Gasteiger partial charge in [0.05, 0.1) is 19.1 Å². The van der Waals surface area contributed by atoms with E-state index in [2.05, 4.69) is 14.9 Å². The van der Waals surface area contributed by atoms with Crippen LogP contribution in [0.5, 0.6) is 6.01 Å². The van der Waals surface area contributed by atoms with E-state index in [0.717, 1.165) is 11.5 Å². The highest BCUT2D eigenvalue weighted by Gasteiger charge is 2.42. The summed E-state index contributed by atoms with van der Waals surface area (Å²) >= 11 is 0. The molecule has 8 nitrogen and oxygen atoms in total. The summed E-state index contributed by atoms with van der Waals surface area (Å²) in [4.78, 5) is 38.3. The second-order valence-corrected chi connectivity index (χ2v) is 6.59. The standard InChI is InChI=1S/C16H23N5O3/c1-10-5-13(18-16(17-10)24-4)20-8-12(9-20)21-7-11(6-14(21)22)15(23)19(2)3/h5,11-12H,6-9H2,1-4H3. The van der Waals surface area contributed by atoms with Crippen molar-refractivity contribution >= 4 is 17.6 Å². The van der Waals surface area contributed by atoms with Crippen molar-refractivity contribution in [2.45, 2.75) is 19.4 Å². The molecule has 2 amide bonds. The first kappa shape index (κ1) is 16.5. The molecule has 130 valence electrons. The molecule has 0 radical (unpaired) electrons. The molecular formula is C16H23N5O3. The van der Waals surface area contributed by atoms with Gasteiger partial charge in [-0.3, -0.25) is 9.59 Å². The number of rotatable bonds is 4. The summed E-state index contributed by atoms with van der Waals surface area (Å²) in [6.07, 6.45) is 0.313. The zero-order valence-corrected chi connectivity index (χ0v) is 14.5. The fourth-order valence-electron chi connectivity index (χ4n) is 3.23. The molecule has 1 atom stereocenters. The van der Waals surface area contributed by atoms with Crippen LogP contribution in [-0.2, 0) is 9.59 Å². The van der Waals surface area contributed by atoms with Crippen LogP contribution in [0.25, 0.3) is 0 Å². The lowest BCUT2D eigenvalue weighted by molar-refractivity contribution is -0.133. The Morgan fingerprint density at radius 1 is 1.29 bits per heavy atom. The van der Waals surface area contributed by atoms with Gasteiger partial charge in [-0.1, -0.05) is 0 Å². The topological polar surface area (TPSA) is 78.9 Å². The smallest absolute Gasteiger partial charge is 0.318 e. The van der Waals surface area contributed by atoms with Gasteiger partial charge in [-0.15, -0.1) is 0 Å². The molecule has 3 heterocycles. The zero-order valence-electron chi connectivity index (χ0n) is 14.5. The van der Waals surface area contributed by atoms with Crippen molar-refractivity contribution in [3.05, 3.63) is 11.8 Å². The Morgan fingerprint density at radius 3 is 2.62 bits per heavy atom. The molecule has 24 heavy (non-hydrogen) atoms. The Hall–Kier alpha value is -2.38. The highest BCUT2D eigenvalue weighted by Crippen LogP contribution is 2.29. The number of carbonyl (C=O) groups is 2. The Balaban J connectivity index is 1.62. The first-order valence-electron chi connectivity index (χ1n) is 8.04. The van der Waals surface area contributed by atoms with Crippen LogP contribution in [0.4, 0.5) is 5.82 Å². The number of aryl methyl sites for hydroxylation is 1. The van der Waals surface area contributed by atoms with E-state index in [1.165, 1.54) is 0 Å². The SMILES string of the molecule is COc1nc(C)cc(N2CC(N3CC(C(=O)N(C)C)CC3=O)C2)n1. The third-order valence-corrected chi connectivity index (χ3v) is 4.58. The van der Waals surface area contributed by atoms with E-state index in [1.807, 2.05) is 17.9 Å². The van der Waals surface area contributed by atoms with Crippen LogP contribution in [-0.4, -0.2) is 78.5 Å². The number of carbonyl (C=O) groups excluding carboxylic acids is 2. The van der Waals surface area contributed by atoms with Gasteiger partial charge in [0, 0.05) is 51.9 Å². The van der Waals surface area contributed by atoms with Gasteiger partial charge >= 0.3 is 6.01 Å². The number of nitrogens with zero attached hydrogens (tertiary/aromatic N) is 5. The molecule has 0 N–H and O–H groups in total. The first-order chi connectivity index (χ1) is 11.4. The van der Waals surface area contributed by atoms with Crippen LogP contribution in [0, 0.1) is 12.8 Å². The van der Waals surface area contributed by atoms with Gasteiger partial charge in [0.1, 0.15) is 5.82 Å². The fraction of sp³-hybridized carbons (Fsp3) is 0.625. The van der Waals surface area contributed by atoms with Crippen molar-refractivity contribution in [1.29, 1.82) is 0 Å². The molecule has 1 aromatic rings. The molecule has 2 fully saturated rings. The lowest BCUT2D eigenvalue weighted by Crippen LogP contribution is -2.60. The van der Waals surface area contributed by atoms with Crippen LogP contribution in [0.15, 0.2) is 6.07 Å². The monoisotopic (exact) mass is 333 g/mol. The summed E-state index contributed by atoms with van der Waals surface area (Å²) in [5.41, 5.74) is 0.842. The van der Waals surface area contributed by atoms with E-state index in [-0.39, 0.29) is 23.8 Å².